The summed E-state index contributed by atoms with van der Waals surface area (Å²) in [7, 11) is 1.53. The molecule has 1 amide bonds. The number of anilines is 1. The number of hydrazine groups is 1. The van der Waals surface area contributed by atoms with Crippen molar-refractivity contribution in [2.45, 2.75) is 32.4 Å². The van der Waals surface area contributed by atoms with Gasteiger partial charge in [0.1, 0.15) is 17.5 Å². The summed E-state index contributed by atoms with van der Waals surface area (Å²) in [6.45, 7) is 3.83. The van der Waals surface area contributed by atoms with E-state index in [0.717, 1.165) is 16.7 Å². The Labute approximate surface area is 157 Å². The maximum Gasteiger partial charge on any atom is 0.243 e. The summed E-state index contributed by atoms with van der Waals surface area (Å²) in [5.41, 5.74) is 9.25. The van der Waals surface area contributed by atoms with Crippen LogP contribution in [0.4, 0.5) is 5.69 Å². The highest BCUT2D eigenvalue weighted by molar-refractivity contribution is 6.31. The van der Waals surface area contributed by atoms with Crippen molar-refractivity contribution >= 4 is 23.2 Å². The van der Waals surface area contributed by atoms with Crippen molar-refractivity contribution in [3.05, 3.63) is 52.0 Å². The van der Waals surface area contributed by atoms with E-state index < -0.39 is 6.04 Å². The number of phenols is 1. The van der Waals surface area contributed by atoms with Crippen LogP contribution in [0.2, 0.25) is 5.02 Å². The first-order chi connectivity index (χ1) is 12.4. The Morgan fingerprint density at radius 2 is 2.04 bits per heavy atom. The van der Waals surface area contributed by atoms with Crippen LogP contribution in [0.5, 0.6) is 11.5 Å². The van der Waals surface area contributed by atoms with Crippen LogP contribution < -0.4 is 20.9 Å². The molecule has 7 heteroatoms. The second-order valence-corrected chi connectivity index (χ2v) is 6.85. The summed E-state index contributed by atoms with van der Waals surface area (Å²) in [4.78, 5) is 12.6. The summed E-state index contributed by atoms with van der Waals surface area (Å²) < 4.78 is 5.25. The number of nitrogens with one attached hydrogen (secondary N) is 3. The number of ether oxygens (including phenoxy) is 1. The molecule has 1 saturated heterocycles. The van der Waals surface area contributed by atoms with E-state index in [1.54, 1.807) is 18.2 Å². The molecule has 0 bridgehead atoms. The molecule has 0 saturated carbocycles. The third kappa shape index (κ3) is 3.62. The summed E-state index contributed by atoms with van der Waals surface area (Å²) in [5, 5.41) is 13.7. The average molecular weight is 376 g/mol. The molecular weight excluding hydrogens is 354 g/mol. The number of hydrogen-bond acceptors (Lipinski definition) is 5. The zero-order chi connectivity index (χ0) is 18.8. The molecule has 0 aromatic heterocycles. The predicted octanol–water partition coefficient (Wildman–Crippen LogP) is 3.22. The van der Waals surface area contributed by atoms with E-state index in [1.807, 2.05) is 26.0 Å². The normalized spacial score (nSPS) is 19.4. The SMILES string of the molecule is COc1ccc(Cl)cc1NC(=O)C1CC(c2ccc(C)c(C)c2O)NN1. The number of benzene rings is 2. The number of carbonyl (C=O) groups is 1. The molecule has 0 spiro atoms. The average Bonchev–Trinajstić information content (AvgIpc) is 3.10. The molecule has 26 heavy (non-hydrogen) atoms. The number of halogens is 1. The van der Waals surface area contributed by atoms with Crippen molar-refractivity contribution in [2.24, 2.45) is 0 Å². The molecule has 1 aliphatic rings. The van der Waals surface area contributed by atoms with Gasteiger partial charge in [-0.25, -0.2) is 10.9 Å². The first kappa shape index (κ1) is 18.5. The molecule has 2 unspecified atom stereocenters. The Kier molecular flexibility index (Phi) is 5.36. The van der Waals surface area contributed by atoms with Gasteiger partial charge >= 0.3 is 0 Å². The summed E-state index contributed by atoms with van der Waals surface area (Å²) in [6, 6.07) is 8.29. The van der Waals surface area contributed by atoms with E-state index in [0.29, 0.717) is 22.9 Å². The molecule has 1 heterocycles. The maximum absolute atomic E-state index is 12.6. The van der Waals surface area contributed by atoms with E-state index in [1.165, 1.54) is 7.11 Å². The van der Waals surface area contributed by atoms with Gasteiger partial charge in [-0.05, 0) is 49.6 Å². The van der Waals surface area contributed by atoms with Crippen molar-refractivity contribution in [1.29, 1.82) is 0 Å². The molecule has 138 valence electrons. The van der Waals surface area contributed by atoms with Gasteiger partial charge in [-0.3, -0.25) is 4.79 Å². The van der Waals surface area contributed by atoms with Crippen LogP contribution in [0.25, 0.3) is 0 Å². The van der Waals surface area contributed by atoms with Gasteiger partial charge in [-0.2, -0.15) is 0 Å². The van der Waals surface area contributed by atoms with Crippen molar-refractivity contribution < 1.29 is 14.6 Å². The number of hydrogen-bond donors (Lipinski definition) is 4. The minimum absolute atomic E-state index is 0.161. The summed E-state index contributed by atoms with van der Waals surface area (Å²) in [6.07, 6.45) is 0.505. The van der Waals surface area contributed by atoms with Crippen molar-refractivity contribution in [1.82, 2.24) is 10.9 Å². The van der Waals surface area contributed by atoms with Gasteiger partial charge in [0, 0.05) is 10.6 Å². The first-order valence-electron chi connectivity index (χ1n) is 8.35. The fourth-order valence-corrected chi connectivity index (χ4v) is 3.21. The summed E-state index contributed by atoms with van der Waals surface area (Å²) >= 11 is 6.00. The van der Waals surface area contributed by atoms with Crippen molar-refractivity contribution in [3.63, 3.8) is 0 Å². The van der Waals surface area contributed by atoms with E-state index in [-0.39, 0.29) is 17.7 Å². The third-order valence-electron chi connectivity index (χ3n) is 4.75. The van der Waals surface area contributed by atoms with E-state index in [2.05, 4.69) is 16.2 Å². The molecule has 1 fully saturated rings. The minimum Gasteiger partial charge on any atom is -0.507 e. The summed E-state index contributed by atoms with van der Waals surface area (Å²) in [5.74, 6) is 0.600. The van der Waals surface area contributed by atoms with Crippen LogP contribution in [0.15, 0.2) is 30.3 Å². The number of amides is 1. The second kappa shape index (κ2) is 7.53. The molecular formula is C19H22ClN3O3. The predicted molar refractivity (Wildman–Crippen MR) is 102 cm³/mol. The Balaban J connectivity index is 1.72. The highest BCUT2D eigenvalue weighted by atomic mass is 35.5. The highest BCUT2D eigenvalue weighted by Crippen LogP contribution is 2.34. The number of methoxy groups -OCH3 is 1. The lowest BCUT2D eigenvalue weighted by Gasteiger charge is -2.15. The van der Waals surface area contributed by atoms with E-state index in [4.69, 9.17) is 16.3 Å². The maximum atomic E-state index is 12.6. The second-order valence-electron chi connectivity index (χ2n) is 6.41. The molecule has 0 radical (unpaired) electrons. The van der Waals surface area contributed by atoms with Gasteiger partial charge in [-0.15, -0.1) is 0 Å². The van der Waals surface area contributed by atoms with Crippen molar-refractivity contribution in [3.8, 4) is 11.5 Å². The fourth-order valence-electron chi connectivity index (χ4n) is 3.03. The molecule has 4 N–H and O–H groups in total. The standard InChI is InChI=1S/C19H22ClN3O3/c1-10-4-6-13(18(24)11(10)2)14-9-16(23-22-14)19(25)21-15-8-12(20)5-7-17(15)26-3/h4-8,14,16,22-24H,9H2,1-3H3,(H,21,25). The van der Waals surface area contributed by atoms with Crippen LogP contribution in [0.3, 0.4) is 0 Å². The largest absolute Gasteiger partial charge is 0.507 e. The van der Waals surface area contributed by atoms with Crippen LogP contribution in [-0.4, -0.2) is 24.2 Å². The van der Waals surface area contributed by atoms with Crippen LogP contribution in [0.1, 0.15) is 29.2 Å². The van der Waals surface area contributed by atoms with Crippen LogP contribution in [0, 0.1) is 13.8 Å². The lowest BCUT2D eigenvalue weighted by molar-refractivity contribution is -0.117. The Morgan fingerprint density at radius 3 is 2.77 bits per heavy atom. The van der Waals surface area contributed by atoms with Gasteiger partial charge in [0.25, 0.3) is 0 Å². The first-order valence-corrected chi connectivity index (χ1v) is 8.73. The van der Waals surface area contributed by atoms with Crippen LogP contribution >= 0.6 is 11.6 Å². The van der Waals surface area contributed by atoms with Crippen LogP contribution in [-0.2, 0) is 4.79 Å². The zero-order valence-electron chi connectivity index (χ0n) is 14.9. The van der Waals surface area contributed by atoms with Gasteiger partial charge in [0.15, 0.2) is 0 Å². The molecule has 3 rings (SSSR count). The topological polar surface area (TPSA) is 82.6 Å². The molecule has 1 aliphatic heterocycles. The van der Waals surface area contributed by atoms with E-state index in [9.17, 15) is 9.90 Å². The smallest absolute Gasteiger partial charge is 0.243 e. The molecule has 6 nitrogen and oxygen atoms in total. The van der Waals surface area contributed by atoms with Gasteiger partial charge in [0.2, 0.25) is 5.91 Å². The Bertz CT molecular complexity index is 841. The Hall–Kier alpha value is -2.28. The third-order valence-corrected chi connectivity index (χ3v) is 4.98. The van der Waals surface area contributed by atoms with E-state index >= 15 is 0 Å². The lowest BCUT2D eigenvalue weighted by Crippen LogP contribution is -2.39. The van der Waals surface area contributed by atoms with Gasteiger partial charge in [-0.1, -0.05) is 23.7 Å². The molecule has 0 aliphatic carbocycles. The number of phenolic OH excluding ortho intramolecular Hbond substituents is 1. The number of aryl methyl sites for hydroxylation is 1. The highest BCUT2D eigenvalue weighted by Gasteiger charge is 2.32. The van der Waals surface area contributed by atoms with Gasteiger partial charge < -0.3 is 15.2 Å². The lowest BCUT2D eigenvalue weighted by atomic mass is 9.96. The number of aromatic hydroxyl groups is 1. The number of carbonyl (C=O) groups excluding carboxylic acids is 1. The Morgan fingerprint density at radius 1 is 1.27 bits per heavy atom. The van der Waals surface area contributed by atoms with Crippen molar-refractivity contribution in [2.75, 3.05) is 12.4 Å². The number of rotatable bonds is 4. The van der Waals surface area contributed by atoms with Gasteiger partial charge in [0.05, 0.1) is 18.8 Å². The minimum atomic E-state index is -0.454. The molecule has 2 aromatic rings. The molecule has 2 atom stereocenters. The molecule has 2 aromatic carbocycles. The quantitative estimate of drug-likeness (QED) is 0.659. The fraction of sp³-hybridized carbons (Fsp3) is 0.316. The zero-order valence-corrected chi connectivity index (χ0v) is 15.6. The monoisotopic (exact) mass is 375 g/mol.